The second-order valence-electron chi connectivity index (χ2n) is 9.68. The molecule has 136 valence electrons. The molecule has 3 nitrogen and oxygen atoms in total. The highest BCUT2D eigenvalue weighted by Gasteiger charge is 2.41. The lowest BCUT2D eigenvalue weighted by Gasteiger charge is -2.39. The van der Waals surface area contributed by atoms with Gasteiger partial charge in [0, 0.05) is 23.0 Å². The largest absolute Gasteiger partial charge is 0.303 e. The van der Waals surface area contributed by atoms with E-state index in [-0.39, 0.29) is 24.4 Å². The molecule has 0 amide bonds. The first-order valence-corrected chi connectivity index (χ1v) is 9.01. The van der Waals surface area contributed by atoms with Crippen LogP contribution in [-0.2, 0) is 4.79 Å². The van der Waals surface area contributed by atoms with Crippen LogP contribution in [0.1, 0.15) is 81.1 Å². The minimum atomic E-state index is -0.270. The van der Waals surface area contributed by atoms with Gasteiger partial charge in [0.2, 0.25) is 0 Å². The van der Waals surface area contributed by atoms with Gasteiger partial charge in [-0.2, -0.15) is 0 Å². The first-order valence-electron chi connectivity index (χ1n) is 9.01. The summed E-state index contributed by atoms with van der Waals surface area (Å²) in [6, 6.07) is 1.50. The molecule has 23 heavy (non-hydrogen) atoms. The van der Waals surface area contributed by atoms with Crippen molar-refractivity contribution in [3.63, 3.8) is 0 Å². The Bertz CT molecular complexity index is 391. The van der Waals surface area contributed by atoms with Gasteiger partial charge in [0.1, 0.15) is 0 Å². The molecule has 3 heteroatoms. The number of carbonyl (C=O) groups excluding carboxylic acids is 1. The summed E-state index contributed by atoms with van der Waals surface area (Å²) in [7, 11) is 2.28. The molecule has 0 aromatic heterocycles. The van der Waals surface area contributed by atoms with E-state index in [1.165, 1.54) is 25.7 Å². The van der Waals surface area contributed by atoms with Crippen LogP contribution < -0.4 is 5.32 Å². The van der Waals surface area contributed by atoms with Gasteiger partial charge in [0.05, 0.1) is 6.04 Å². The zero-order valence-electron chi connectivity index (χ0n) is 15.7. The number of rotatable bonds is 4. The van der Waals surface area contributed by atoms with Crippen molar-refractivity contribution in [3.05, 3.63) is 0 Å². The molecule has 2 rings (SSSR count). The topological polar surface area (TPSA) is 32.3 Å². The molecule has 2 saturated heterocycles. The second-order valence-corrected chi connectivity index (χ2v) is 9.68. The predicted molar refractivity (Wildman–Crippen MR) is 99.8 cm³/mol. The first-order chi connectivity index (χ1) is 9.97. The first kappa shape index (κ1) is 20.6. The smallest absolute Gasteiger partial charge is 0.155 e. The van der Waals surface area contributed by atoms with Gasteiger partial charge in [-0.1, -0.05) is 28.2 Å². The normalized spacial score (nSPS) is 30.0. The Morgan fingerprint density at radius 3 is 1.96 bits per heavy atom. The van der Waals surface area contributed by atoms with E-state index in [1.807, 2.05) is 20.8 Å². The number of carbonyl (C=O) groups is 1. The fraction of sp³-hybridized carbons (Fsp3) is 0.950. The van der Waals surface area contributed by atoms with E-state index in [4.69, 9.17) is 0 Å². The number of hydrogen-bond donors (Lipinski definition) is 1. The molecule has 0 saturated carbocycles. The van der Waals surface area contributed by atoms with Crippen LogP contribution in [0.25, 0.3) is 0 Å². The molecule has 2 bridgehead atoms. The van der Waals surface area contributed by atoms with E-state index in [0.29, 0.717) is 11.7 Å². The van der Waals surface area contributed by atoms with Crippen LogP contribution in [0.15, 0.2) is 0 Å². The summed E-state index contributed by atoms with van der Waals surface area (Å²) in [5.74, 6) is 1.06. The Morgan fingerprint density at radius 2 is 1.57 bits per heavy atom. The van der Waals surface area contributed by atoms with Crippen molar-refractivity contribution in [1.29, 1.82) is 0 Å². The second kappa shape index (κ2) is 7.23. The summed E-state index contributed by atoms with van der Waals surface area (Å²) in [5.41, 5.74) is -0.288. The molecule has 2 aliphatic heterocycles. The van der Waals surface area contributed by atoms with Crippen LogP contribution in [0.3, 0.4) is 0 Å². The van der Waals surface area contributed by atoms with Crippen LogP contribution in [0.5, 0.6) is 0 Å². The molecule has 2 fully saturated rings. The summed E-state index contributed by atoms with van der Waals surface area (Å²) < 4.78 is 0. The van der Waals surface area contributed by atoms with Crippen molar-refractivity contribution in [1.82, 2.24) is 10.2 Å². The molecule has 2 aliphatic rings. The van der Waals surface area contributed by atoms with E-state index >= 15 is 0 Å². The molecule has 3 atom stereocenters. The van der Waals surface area contributed by atoms with Gasteiger partial charge in [0.25, 0.3) is 0 Å². The van der Waals surface area contributed by atoms with Gasteiger partial charge in [-0.3, -0.25) is 4.79 Å². The highest BCUT2D eigenvalue weighted by Crippen LogP contribution is 2.39. The summed E-state index contributed by atoms with van der Waals surface area (Å²) in [4.78, 5) is 15.5. The molecule has 3 unspecified atom stereocenters. The maximum Gasteiger partial charge on any atom is 0.155 e. The SMILES string of the molecule is C.CN1C2CCC1CC(CC(NC(C)(C)C)C(=O)C(C)(C)C)C2. The number of nitrogens with zero attached hydrogens (tertiary/aromatic N) is 1. The quantitative estimate of drug-likeness (QED) is 0.838. The number of fused-ring (bicyclic) bond motifs is 2. The van der Waals surface area contributed by atoms with Crippen LogP contribution in [0, 0.1) is 11.3 Å². The van der Waals surface area contributed by atoms with Crippen molar-refractivity contribution in [2.24, 2.45) is 11.3 Å². The van der Waals surface area contributed by atoms with E-state index in [0.717, 1.165) is 18.5 Å². The third-order valence-corrected chi connectivity index (χ3v) is 5.43. The van der Waals surface area contributed by atoms with Crippen LogP contribution in [0.2, 0.25) is 0 Å². The zero-order chi connectivity index (χ0) is 16.7. The van der Waals surface area contributed by atoms with Crippen molar-refractivity contribution in [2.75, 3.05) is 7.05 Å². The lowest BCUT2D eigenvalue weighted by atomic mass is 9.79. The zero-order valence-corrected chi connectivity index (χ0v) is 15.7. The number of nitrogens with one attached hydrogen (secondary N) is 1. The molecular weight excluding hydrogens is 284 g/mol. The van der Waals surface area contributed by atoms with Crippen LogP contribution in [0.4, 0.5) is 0 Å². The number of Topliss-reactive ketones (excluding diaryl/α,β-unsaturated/α-hetero) is 1. The molecule has 0 aromatic carbocycles. The van der Waals surface area contributed by atoms with Crippen molar-refractivity contribution in [2.45, 2.75) is 105 Å². The lowest BCUT2D eigenvalue weighted by Crippen LogP contribution is -2.52. The van der Waals surface area contributed by atoms with Crippen molar-refractivity contribution in [3.8, 4) is 0 Å². The summed E-state index contributed by atoms with van der Waals surface area (Å²) in [6.45, 7) is 12.6. The van der Waals surface area contributed by atoms with Crippen molar-refractivity contribution < 1.29 is 4.79 Å². The van der Waals surface area contributed by atoms with E-state index in [2.05, 4.69) is 38.0 Å². The van der Waals surface area contributed by atoms with E-state index in [9.17, 15) is 4.79 Å². The molecule has 0 aromatic rings. The Hall–Kier alpha value is -0.410. The highest BCUT2D eigenvalue weighted by molar-refractivity contribution is 5.88. The minimum Gasteiger partial charge on any atom is -0.303 e. The fourth-order valence-corrected chi connectivity index (χ4v) is 4.33. The molecule has 0 spiro atoms. The molecule has 1 N–H and O–H groups in total. The summed E-state index contributed by atoms with van der Waals surface area (Å²) in [5, 5.41) is 3.61. The molecular formula is C20H40N2O. The average molecular weight is 325 g/mol. The monoisotopic (exact) mass is 324 g/mol. The Kier molecular flexibility index (Phi) is 6.48. The summed E-state index contributed by atoms with van der Waals surface area (Å²) in [6.07, 6.45) is 6.25. The van der Waals surface area contributed by atoms with Gasteiger partial charge in [-0.05, 0) is 65.8 Å². The number of hydrogen-bond acceptors (Lipinski definition) is 3. The number of ketones is 1. The Balaban J connectivity index is 0.00000264. The van der Waals surface area contributed by atoms with Crippen molar-refractivity contribution >= 4 is 5.78 Å². The summed E-state index contributed by atoms with van der Waals surface area (Å²) >= 11 is 0. The minimum absolute atomic E-state index is 0. The standard InChI is InChI=1S/C19H36N2O.CH4/c1-18(2,3)17(22)16(20-19(4,5)6)12-13-10-14-8-9-15(11-13)21(14)7;/h13-16,20H,8-12H2,1-7H3;1H4. The van der Waals surface area contributed by atoms with Gasteiger partial charge in [-0.15, -0.1) is 0 Å². The number of piperidine rings is 1. The van der Waals surface area contributed by atoms with Gasteiger partial charge >= 0.3 is 0 Å². The molecule has 0 aliphatic carbocycles. The fourth-order valence-electron chi connectivity index (χ4n) is 4.33. The Morgan fingerprint density at radius 1 is 1.09 bits per heavy atom. The average Bonchev–Trinajstić information content (AvgIpc) is 2.59. The van der Waals surface area contributed by atoms with Gasteiger partial charge < -0.3 is 10.2 Å². The third kappa shape index (κ3) is 5.29. The van der Waals surface area contributed by atoms with Crippen LogP contribution >= 0.6 is 0 Å². The Labute approximate surface area is 144 Å². The predicted octanol–water partition coefficient (Wildman–Crippen LogP) is 4.26. The van der Waals surface area contributed by atoms with E-state index < -0.39 is 0 Å². The van der Waals surface area contributed by atoms with Gasteiger partial charge in [0.15, 0.2) is 5.78 Å². The highest BCUT2D eigenvalue weighted by atomic mass is 16.1. The molecule has 0 radical (unpaired) electrons. The van der Waals surface area contributed by atoms with Gasteiger partial charge in [-0.25, -0.2) is 0 Å². The molecule has 2 heterocycles. The maximum atomic E-state index is 12.9. The van der Waals surface area contributed by atoms with E-state index in [1.54, 1.807) is 0 Å². The van der Waals surface area contributed by atoms with Crippen LogP contribution in [-0.4, -0.2) is 41.4 Å². The third-order valence-electron chi connectivity index (χ3n) is 5.43. The maximum absolute atomic E-state index is 12.9. The lowest BCUT2D eigenvalue weighted by molar-refractivity contribution is -0.129.